The van der Waals surface area contributed by atoms with Gasteiger partial charge in [-0.25, -0.2) is 9.97 Å². The summed E-state index contributed by atoms with van der Waals surface area (Å²) in [6, 6.07) is 3.79. The van der Waals surface area contributed by atoms with Crippen LogP contribution in [0.3, 0.4) is 0 Å². The van der Waals surface area contributed by atoms with E-state index in [1.165, 1.54) is 0 Å². The average Bonchev–Trinajstić information content (AvgIpc) is 2.39. The van der Waals surface area contributed by atoms with Crippen molar-refractivity contribution in [2.24, 2.45) is 0 Å². The molecule has 0 radical (unpaired) electrons. The first-order chi connectivity index (χ1) is 8.40. The number of rotatable bonds is 2. The second-order valence-electron chi connectivity index (χ2n) is 3.48. The lowest BCUT2D eigenvalue weighted by Crippen LogP contribution is -1.99. The second kappa shape index (κ2) is 3.93. The molecule has 3 aromatic heterocycles. The molecule has 0 aliphatic heterocycles. The van der Waals surface area contributed by atoms with Crippen molar-refractivity contribution < 1.29 is 4.74 Å². The highest BCUT2D eigenvalue weighted by atomic mass is 16.5. The third-order valence-corrected chi connectivity index (χ3v) is 2.43. The minimum Gasteiger partial charge on any atom is -0.476 e. The fourth-order valence-electron chi connectivity index (χ4n) is 1.75. The predicted octanol–water partition coefficient (Wildman–Crippen LogP) is 1.97. The van der Waals surface area contributed by atoms with E-state index in [1.807, 2.05) is 19.1 Å². The molecular weight excluding hydrogens is 216 g/mol. The van der Waals surface area contributed by atoms with Crippen LogP contribution in [0, 0.1) is 0 Å². The third kappa shape index (κ3) is 1.56. The topological polar surface area (TPSA) is 60.8 Å². The average molecular weight is 226 g/mol. The molecule has 0 N–H and O–H groups in total. The van der Waals surface area contributed by atoms with Gasteiger partial charge in [-0.1, -0.05) is 0 Å². The van der Waals surface area contributed by atoms with Crippen molar-refractivity contribution in [3.8, 4) is 5.88 Å². The fraction of sp³-hybridized carbons (Fsp3) is 0.167. The van der Waals surface area contributed by atoms with Gasteiger partial charge in [-0.05, 0) is 19.1 Å². The van der Waals surface area contributed by atoms with Gasteiger partial charge in [0.15, 0.2) is 11.2 Å². The van der Waals surface area contributed by atoms with Gasteiger partial charge in [-0.2, -0.15) is 4.98 Å². The minimum absolute atomic E-state index is 0.488. The van der Waals surface area contributed by atoms with Crippen molar-refractivity contribution in [3.63, 3.8) is 0 Å². The zero-order valence-corrected chi connectivity index (χ0v) is 9.29. The lowest BCUT2D eigenvalue weighted by molar-refractivity contribution is 0.331. The molecule has 0 spiro atoms. The van der Waals surface area contributed by atoms with Crippen LogP contribution in [0.2, 0.25) is 0 Å². The Labute approximate surface area is 97.5 Å². The first kappa shape index (κ1) is 9.89. The van der Waals surface area contributed by atoms with E-state index in [2.05, 4.69) is 19.9 Å². The summed E-state index contributed by atoms with van der Waals surface area (Å²) in [6.07, 6.45) is 4.99. The molecule has 5 heteroatoms. The molecule has 3 aromatic rings. The molecule has 3 heterocycles. The first-order valence-corrected chi connectivity index (χ1v) is 5.38. The number of aromatic nitrogens is 4. The highest BCUT2D eigenvalue weighted by Crippen LogP contribution is 2.25. The van der Waals surface area contributed by atoms with E-state index in [0.29, 0.717) is 23.7 Å². The summed E-state index contributed by atoms with van der Waals surface area (Å²) in [6.45, 7) is 2.45. The smallest absolute Gasteiger partial charge is 0.244 e. The van der Waals surface area contributed by atoms with Crippen LogP contribution in [0.4, 0.5) is 0 Å². The molecule has 84 valence electrons. The summed E-state index contributed by atoms with van der Waals surface area (Å²) in [5.74, 6) is 0.488. The van der Waals surface area contributed by atoms with Gasteiger partial charge in [0.25, 0.3) is 0 Å². The molecule has 0 saturated carbocycles. The third-order valence-electron chi connectivity index (χ3n) is 2.43. The maximum absolute atomic E-state index is 5.47. The Morgan fingerprint density at radius 1 is 1.06 bits per heavy atom. The van der Waals surface area contributed by atoms with Gasteiger partial charge in [0.2, 0.25) is 5.88 Å². The van der Waals surface area contributed by atoms with Crippen LogP contribution in [0.25, 0.3) is 22.1 Å². The molecule has 3 rings (SSSR count). The van der Waals surface area contributed by atoms with Crippen LogP contribution in [0.15, 0.2) is 30.7 Å². The Morgan fingerprint density at radius 2 is 1.88 bits per heavy atom. The minimum atomic E-state index is 0.488. The molecule has 0 aliphatic carbocycles. The van der Waals surface area contributed by atoms with E-state index >= 15 is 0 Å². The van der Waals surface area contributed by atoms with Gasteiger partial charge in [0.05, 0.1) is 6.61 Å². The Bertz CT molecular complexity index is 683. The Kier molecular flexibility index (Phi) is 2.29. The largest absolute Gasteiger partial charge is 0.476 e. The highest BCUT2D eigenvalue weighted by molar-refractivity contribution is 6.02. The maximum Gasteiger partial charge on any atom is 0.244 e. The number of ether oxygens (including phenoxy) is 1. The van der Waals surface area contributed by atoms with Crippen molar-refractivity contribution in [1.82, 2.24) is 19.9 Å². The van der Waals surface area contributed by atoms with E-state index in [9.17, 15) is 0 Å². The molecule has 0 atom stereocenters. The zero-order valence-electron chi connectivity index (χ0n) is 9.29. The SMILES string of the molecule is CCOc1nc2ncccc2c2nccnc12. The molecule has 17 heavy (non-hydrogen) atoms. The van der Waals surface area contributed by atoms with Crippen molar-refractivity contribution >= 4 is 22.1 Å². The Balaban J connectivity index is 2.45. The fourth-order valence-corrected chi connectivity index (χ4v) is 1.75. The van der Waals surface area contributed by atoms with E-state index in [0.717, 1.165) is 10.9 Å². The quantitative estimate of drug-likeness (QED) is 0.625. The van der Waals surface area contributed by atoms with E-state index < -0.39 is 0 Å². The van der Waals surface area contributed by atoms with E-state index in [-0.39, 0.29) is 0 Å². The molecule has 0 bridgehead atoms. The van der Waals surface area contributed by atoms with Gasteiger partial charge < -0.3 is 4.74 Å². The maximum atomic E-state index is 5.47. The molecule has 0 aromatic carbocycles. The number of hydrogen-bond donors (Lipinski definition) is 0. The number of fused-ring (bicyclic) bond motifs is 3. The van der Waals surface area contributed by atoms with E-state index in [1.54, 1.807) is 18.6 Å². The van der Waals surface area contributed by atoms with Crippen LogP contribution in [-0.2, 0) is 0 Å². The molecule has 0 amide bonds. The van der Waals surface area contributed by atoms with Crippen molar-refractivity contribution in [2.45, 2.75) is 6.92 Å². The van der Waals surface area contributed by atoms with E-state index in [4.69, 9.17) is 4.74 Å². The predicted molar refractivity (Wildman–Crippen MR) is 63.8 cm³/mol. The van der Waals surface area contributed by atoms with Gasteiger partial charge in [-0.3, -0.25) is 4.98 Å². The summed E-state index contributed by atoms with van der Waals surface area (Å²) < 4.78 is 5.47. The summed E-state index contributed by atoms with van der Waals surface area (Å²) in [4.78, 5) is 17.2. The van der Waals surface area contributed by atoms with Crippen LogP contribution >= 0.6 is 0 Å². The van der Waals surface area contributed by atoms with Crippen LogP contribution < -0.4 is 4.74 Å². The monoisotopic (exact) mass is 226 g/mol. The molecule has 0 saturated heterocycles. The van der Waals surface area contributed by atoms with Crippen LogP contribution in [-0.4, -0.2) is 26.5 Å². The van der Waals surface area contributed by atoms with Crippen LogP contribution in [0.1, 0.15) is 6.92 Å². The standard InChI is InChI=1S/C12H10N4O/c1-2-17-12-10-9(13-6-7-14-10)8-4-3-5-15-11(8)16-12/h3-7H,2H2,1H3. The summed E-state index contributed by atoms with van der Waals surface area (Å²) in [7, 11) is 0. The second-order valence-corrected chi connectivity index (χ2v) is 3.48. The summed E-state index contributed by atoms with van der Waals surface area (Å²) >= 11 is 0. The Hall–Kier alpha value is -2.30. The molecule has 0 fully saturated rings. The molecule has 0 aliphatic rings. The van der Waals surface area contributed by atoms with Gasteiger partial charge in [0.1, 0.15) is 5.52 Å². The van der Waals surface area contributed by atoms with Gasteiger partial charge in [0, 0.05) is 24.0 Å². The molecular formula is C12H10N4O. The zero-order chi connectivity index (χ0) is 11.7. The van der Waals surface area contributed by atoms with Crippen molar-refractivity contribution in [1.29, 1.82) is 0 Å². The highest BCUT2D eigenvalue weighted by Gasteiger charge is 2.11. The number of nitrogens with zero attached hydrogens (tertiary/aromatic N) is 4. The molecule has 0 unspecified atom stereocenters. The van der Waals surface area contributed by atoms with Crippen molar-refractivity contribution in [3.05, 3.63) is 30.7 Å². The number of pyridine rings is 2. The Morgan fingerprint density at radius 3 is 2.71 bits per heavy atom. The normalized spacial score (nSPS) is 10.9. The molecule has 5 nitrogen and oxygen atoms in total. The summed E-state index contributed by atoms with van der Waals surface area (Å²) in [5, 5.41) is 0.888. The number of hydrogen-bond acceptors (Lipinski definition) is 5. The first-order valence-electron chi connectivity index (χ1n) is 5.38. The van der Waals surface area contributed by atoms with Crippen LogP contribution in [0.5, 0.6) is 5.88 Å². The lowest BCUT2D eigenvalue weighted by atomic mass is 10.2. The van der Waals surface area contributed by atoms with Gasteiger partial charge in [-0.15, -0.1) is 0 Å². The van der Waals surface area contributed by atoms with Gasteiger partial charge >= 0.3 is 0 Å². The lowest BCUT2D eigenvalue weighted by Gasteiger charge is -2.06. The van der Waals surface area contributed by atoms with Crippen molar-refractivity contribution in [2.75, 3.05) is 6.61 Å². The summed E-state index contributed by atoms with van der Waals surface area (Å²) in [5.41, 5.74) is 2.08.